The summed E-state index contributed by atoms with van der Waals surface area (Å²) in [5.41, 5.74) is 1.17. The molecule has 0 heterocycles. The van der Waals surface area contributed by atoms with Gasteiger partial charge in [-0.1, -0.05) is 12.1 Å². The molecule has 1 atom stereocenters. The molecule has 1 unspecified atom stereocenters. The molecule has 1 N–H and O–H groups in total. The van der Waals surface area contributed by atoms with Gasteiger partial charge in [0.15, 0.2) is 0 Å². The minimum absolute atomic E-state index is 0.117. The van der Waals surface area contributed by atoms with Gasteiger partial charge in [-0.05, 0) is 31.7 Å². The summed E-state index contributed by atoms with van der Waals surface area (Å²) in [4.78, 5) is 0. The molecule has 1 rings (SSSR count). The fraction of sp³-hybridized carbons (Fsp3) is 0.500. The second-order valence-corrected chi connectivity index (χ2v) is 3.27. The van der Waals surface area contributed by atoms with Crippen LogP contribution in [0.3, 0.4) is 0 Å². The van der Waals surface area contributed by atoms with Crippen molar-refractivity contribution in [1.82, 2.24) is 5.32 Å². The summed E-state index contributed by atoms with van der Waals surface area (Å²) in [7, 11) is 3.60. The molecule has 0 fully saturated rings. The van der Waals surface area contributed by atoms with Gasteiger partial charge in [-0.25, -0.2) is 0 Å². The van der Waals surface area contributed by atoms with Crippen LogP contribution < -0.4 is 10.1 Å². The normalized spacial score (nSPS) is 12.5. The molecular formula is C12H19NO2. The Morgan fingerprint density at radius 1 is 1.27 bits per heavy atom. The summed E-state index contributed by atoms with van der Waals surface area (Å²) in [5.74, 6) is 0.874. The van der Waals surface area contributed by atoms with Crippen LogP contribution in [-0.2, 0) is 4.74 Å². The van der Waals surface area contributed by atoms with E-state index in [1.807, 2.05) is 38.2 Å². The van der Waals surface area contributed by atoms with Gasteiger partial charge >= 0.3 is 0 Å². The first-order valence-corrected chi connectivity index (χ1v) is 5.22. The predicted octanol–water partition coefficient (Wildman–Crippen LogP) is 1.99. The highest BCUT2D eigenvalue weighted by Gasteiger charge is 2.09. The first-order chi connectivity index (χ1) is 7.31. The Hall–Kier alpha value is -1.06. The number of hydrogen-bond acceptors (Lipinski definition) is 3. The monoisotopic (exact) mass is 209 g/mol. The first kappa shape index (κ1) is 12.0. The Morgan fingerprint density at radius 2 is 1.93 bits per heavy atom. The Labute approximate surface area is 91.4 Å². The van der Waals surface area contributed by atoms with Gasteiger partial charge in [0.2, 0.25) is 0 Å². The molecule has 0 saturated heterocycles. The van der Waals surface area contributed by atoms with Gasteiger partial charge in [-0.15, -0.1) is 0 Å². The summed E-state index contributed by atoms with van der Waals surface area (Å²) in [5, 5.41) is 3.12. The molecule has 0 bridgehead atoms. The molecular weight excluding hydrogens is 190 g/mol. The maximum Gasteiger partial charge on any atom is 0.118 e. The highest BCUT2D eigenvalue weighted by molar-refractivity contribution is 5.28. The third-order valence-corrected chi connectivity index (χ3v) is 2.24. The predicted molar refractivity (Wildman–Crippen MR) is 61.3 cm³/mol. The summed E-state index contributed by atoms with van der Waals surface area (Å²) < 4.78 is 10.8. The summed E-state index contributed by atoms with van der Waals surface area (Å²) in [6.07, 6.45) is 0.117. The Kier molecular flexibility index (Phi) is 5.15. The van der Waals surface area contributed by atoms with E-state index in [0.29, 0.717) is 0 Å². The number of rotatable bonds is 6. The van der Waals surface area contributed by atoms with Crippen molar-refractivity contribution in [3.05, 3.63) is 29.8 Å². The van der Waals surface area contributed by atoms with Gasteiger partial charge in [0.1, 0.15) is 5.75 Å². The second kappa shape index (κ2) is 6.43. The minimum atomic E-state index is 0.117. The molecule has 15 heavy (non-hydrogen) atoms. The maximum absolute atomic E-state index is 5.64. The van der Waals surface area contributed by atoms with Gasteiger partial charge in [-0.3, -0.25) is 0 Å². The zero-order valence-corrected chi connectivity index (χ0v) is 9.62. The molecule has 1 aromatic carbocycles. The number of ether oxygens (including phenoxy) is 2. The number of likely N-dealkylation sites (N-methyl/N-ethyl adjacent to an activating group) is 1. The highest BCUT2D eigenvalue weighted by Crippen LogP contribution is 2.19. The van der Waals surface area contributed by atoms with E-state index in [2.05, 4.69) is 5.32 Å². The van der Waals surface area contributed by atoms with E-state index in [1.165, 1.54) is 5.56 Å². The molecule has 84 valence electrons. The van der Waals surface area contributed by atoms with E-state index in [-0.39, 0.29) is 6.10 Å². The van der Waals surface area contributed by atoms with E-state index in [4.69, 9.17) is 9.47 Å². The first-order valence-electron chi connectivity index (χ1n) is 5.22. The van der Waals surface area contributed by atoms with Gasteiger partial charge in [0, 0.05) is 13.2 Å². The van der Waals surface area contributed by atoms with Crippen LogP contribution in [0.15, 0.2) is 24.3 Å². The third kappa shape index (κ3) is 3.53. The SMILES string of the molecule is CCOC(CNC)c1ccc(OC)cc1. The molecule has 0 aromatic heterocycles. The van der Waals surface area contributed by atoms with E-state index in [0.717, 1.165) is 18.9 Å². The van der Waals surface area contributed by atoms with Gasteiger partial charge < -0.3 is 14.8 Å². The molecule has 0 saturated carbocycles. The number of methoxy groups -OCH3 is 1. The fourth-order valence-electron chi connectivity index (χ4n) is 1.48. The van der Waals surface area contributed by atoms with Gasteiger partial charge in [-0.2, -0.15) is 0 Å². The third-order valence-electron chi connectivity index (χ3n) is 2.24. The molecule has 0 radical (unpaired) electrons. The maximum atomic E-state index is 5.64. The molecule has 0 aliphatic rings. The lowest BCUT2D eigenvalue weighted by atomic mass is 10.1. The Balaban J connectivity index is 2.72. The lowest BCUT2D eigenvalue weighted by Crippen LogP contribution is -2.19. The topological polar surface area (TPSA) is 30.5 Å². The Morgan fingerprint density at radius 3 is 2.40 bits per heavy atom. The smallest absolute Gasteiger partial charge is 0.118 e. The van der Waals surface area contributed by atoms with Gasteiger partial charge in [0.25, 0.3) is 0 Å². The average Bonchev–Trinajstić information content (AvgIpc) is 2.29. The number of nitrogens with one attached hydrogen (secondary N) is 1. The van der Waals surface area contributed by atoms with Crippen molar-refractivity contribution in [2.24, 2.45) is 0 Å². The molecule has 0 spiro atoms. The zero-order chi connectivity index (χ0) is 11.1. The van der Waals surface area contributed by atoms with E-state index < -0.39 is 0 Å². The lowest BCUT2D eigenvalue weighted by Gasteiger charge is -2.17. The molecule has 0 aliphatic carbocycles. The molecule has 0 aliphatic heterocycles. The van der Waals surface area contributed by atoms with Crippen LogP contribution in [0.1, 0.15) is 18.6 Å². The van der Waals surface area contributed by atoms with Crippen molar-refractivity contribution < 1.29 is 9.47 Å². The largest absolute Gasteiger partial charge is 0.497 e. The van der Waals surface area contributed by atoms with Crippen molar-refractivity contribution in [2.75, 3.05) is 27.3 Å². The standard InChI is InChI=1S/C12H19NO2/c1-4-15-12(9-13-2)10-5-7-11(14-3)8-6-10/h5-8,12-13H,4,9H2,1-3H3. The average molecular weight is 209 g/mol. The zero-order valence-electron chi connectivity index (χ0n) is 9.62. The fourth-order valence-corrected chi connectivity index (χ4v) is 1.48. The summed E-state index contributed by atoms with van der Waals surface area (Å²) in [6.45, 7) is 3.55. The van der Waals surface area contributed by atoms with Crippen molar-refractivity contribution in [3.63, 3.8) is 0 Å². The Bertz CT molecular complexity index is 265. The molecule has 3 nitrogen and oxygen atoms in total. The minimum Gasteiger partial charge on any atom is -0.497 e. The van der Waals surface area contributed by atoms with Crippen LogP contribution in [0.25, 0.3) is 0 Å². The van der Waals surface area contributed by atoms with E-state index in [9.17, 15) is 0 Å². The number of hydrogen-bond donors (Lipinski definition) is 1. The highest BCUT2D eigenvalue weighted by atomic mass is 16.5. The van der Waals surface area contributed by atoms with Crippen LogP contribution in [0.4, 0.5) is 0 Å². The van der Waals surface area contributed by atoms with Crippen LogP contribution in [-0.4, -0.2) is 27.3 Å². The van der Waals surface area contributed by atoms with Crippen LogP contribution in [0, 0.1) is 0 Å². The van der Waals surface area contributed by atoms with Gasteiger partial charge in [0.05, 0.1) is 13.2 Å². The van der Waals surface area contributed by atoms with Crippen LogP contribution in [0.5, 0.6) is 5.75 Å². The summed E-state index contributed by atoms with van der Waals surface area (Å²) in [6, 6.07) is 7.99. The lowest BCUT2D eigenvalue weighted by molar-refractivity contribution is 0.0637. The van der Waals surface area contributed by atoms with Crippen molar-refractivity contribution in [2.45, 2.75) is 13.0 Å². The van der Waals surface area contributed by atoms with Crippen LogP contribution >= 0.6 is 0 Å². The van der Waals surface area contributed by atoms with E-state index >= 15 is 0 Å². The number of benzene rings is 1. The molecule has 1 aromatic rings. The summed E-state index contributed by atoms with van der Waals surface area (Å²) >= 11 is 0. The van der Waals surface area contributed by atoms with Crippen molar-refractivity contribution >= 4 is 0 Å². The van der Waals surface area contributed by atoms with Crippen molar-refractivity contribution in [1.29, 1.82) is 0 Å². The molecule has 3 heteroatoms. The second-order valence-electron chi connectivity index (χ2n) is 3.27. The quantitative estimate of drug-likeness (QED) is 0.777. The van der Waals surface area contributed by atoms with E-state index in [1.54, 1.807) is 7.11 Å². The molecule has 0 amide bonds. The van der Waals surface area contributed by atoms with Crippen molar-refractivity contribution in [3.8, 4) is 5.75 Å². The van der Waals surface area contributed by atoms with Crippen LogP contribution in [0.2, 0.25) is 0 Å².